The van der Waals surface area contributed by atoms with Gasteiger partial charge in [0, 0.05) is 27.9 Å². The molecule has 1 aliphatic rings. The number of ether oxygens (including phenoxy) is 1. The maximum atomic E-state index is 13.2. The van der Waals surface area contributed by atoms with Crippen LogP contribution in [0.5, 0.6) is 0 Å². The molecule has 11 heteroatoms. The number of esters is 1. The van der Waals surface area contributed by atoms with Gasteiger partial charge in [-0.1, -0.05) is 42.9 Å². The second kappa shape index (κ2) is 11.8. The van der Waals surface area contributed by atoms with Crippen LogP contribution in [0, 0.1) is 22.0 Å². The number of carbonyl (C=O) groups is 2. The Balaban J connectivity index is 1.73. The van der Waals surface area contributed by atoms with Crippen LogP contribution in [-0.4, -0.2) is 53.6 Å². The van der Waals surface area contributed by atoms with Crippen LogP contribution in [0.2, 0.25) is 24.7 Å². The summed E-state index contributed by atoms with van der Waals surface area (Å²) in [4.78, 5) is 38.5. The number of β-lactam (4-membered cyclic amide) rings is 1. The maximum Gasteiger partial charge on any atom is 0.325 e. The zero-order valence-electron chi connectivity index (χ0n) is 21.5. The summed E-state index contributed by atoms with van der Waals surface area (Å²) >= 11 is 11.8. The van der Waals surface area contributed by atoms with Gasteiger partial charge in [0.05, 0.1) is 23.0 Å². The normalized spacial score (nSPS) is 19.1. The molecule has 0 saturated carbocycles. The smallest absolute Gasteiger partial charge is 0.325 e. The third-order valence-corrected chi connectivity index (χ3v) is 8.18. The van der Waals surface area contributed by atoms with Crippen LogP contribution in [0.15, 0.2) is 48.5 Å². The number of amides is 1. The first-order valence-corrected chi connectivity index (χ1v) is 16.1. The van der Waals surface area contributed by atoms with Crippen LogP contribution in [-0.2, 0) is 25.4 Å². The molecule has 198 valence electrons. The lowest BCUT2D eigenvalue weighted by atomic mass is 9.74. The number of non-ortho nitro benzene ring substituents is 1. The average molecular weight is 563 g/mol. The molecule has 37 heavy (non-hydrogen) atoms. The molecule has 0 bridgehead atoms. The van der Waals surface area contributed by atoms with E-state index in [-0.39, 0.29) is 42.8 Å². The second-order valence-electron chi connectivity index (χ2n) is 10.2. The molecule has 1 amide bonds. The summed E-state index contributed by atoms with van der Waals surface area (Å²) in [5.41, 5.74) is 1.40. The van der Waals surface area contributed by atoms with E-state index in [1.165, 1.54) is 29.2 Å². The zero-order chi connectivity index (χ0) is 27.5. The monoisotopic (exact) mass is 562 g/mol. The first kappa shape index (κ1) is 28.9. The molecule has 0 aromatic heterocycles. The van der Waals surface area contributed by atoms with E-state index < -0.39 is 25.1 Å². The minimum Gasteiger partial charge on any atom is -0.459 e. The fraction of sp³-hybridized carbons (Fsp3) is 0.423. The largest absolute Gasteiger partial charge is 0.459 e. The number of hydrogen-bond donors (Lipinski definition) is 0. The number of likely N-dealkylation sites (tertiary alicyclic amines) is 1. The maximum absolute atomic E-state index is 13.2. The first-order chi connectivity index (χ1) is 17.3. The number of nitro groups is 1. The molecular weight excluding hydrogens is 532 g/mol. The Hall–Kier alpha value is -2.66. The van der Waals surface area contributed by atoms with Gasteiger partial charge in [-0.2, -0.15) is 0 Å². The Morgan fingerprint density at radius 3 is 2.27 bits per heavy atom. The molecular formula is C26H31ClN2O6SSi. The van der Waals surface area contributed by atoms with Crippen LogP contribution >= 0.6 is 23.8 Å². The molecule has 1 saturated heterocycles. The molecule has 4 atom stereocenters. The molecule has 2 aromatic rings. The molecule has 0 aliphatic carbocycles. The Labute approximate surface area is 228 Å². The number of carbonyl (C=O) groups excluding carboxylic acids is 2. The summed E-state index contributed by atoms with van der Waals surface area (Å²) < 4.78 is 11.6. The van der Waals surface area contributed by atoms with E-state index in [4.69, 9.17) is 33.0 Å². The number of nitro benzene ring substituents is 1. The van der Waals surface area contributed by atoms with E-state index in [1.54, 1.807) is 12.1 Å². The molecule has 1 fully saturated rings. The van der Waals surface area contributed by atoms with E-state index in [0.717, 1.165) is 5.56 Å². The van der Waals surface area contributed by atoms with Crippen molar-refractivity contribution in [2.75, 3.05) is 6.54 Å². The van der Waals surface area contributed by atoms with Gasteiger partial charge in [-0.15, -0.1) is 0 Å². The lowest BCUT2D eigenvalue weighted by Gasteiger charge is -2.52. The van der Waals surface area contributed by atoms with Crippen molar-refractivity contribution < 1.29 is 23.7 Å². The minimum atomic E-state index is -1.92. The highest BCUT2D eigenvalue weighted by atomic mass is 35.5. The lowest BCUT2D eigenvalue weighted by molar-refractivity contribution is -0.384. The van der Waals surface area contributed by atoms with Gasteiger partial charge >= 0.3 is 5.97 Å². The third-order valence-electron chi connectivity index (χ3n) is 6.24. The van der Waals surface area contributed by atoms with Crippen molar-refractivity contribution in [3.8, 4) is 0 Å². The molecule has 0 N–H and O–H groups in total. The molecule has 1 heterocycles. The topological polar surface area (TPSA) is 99.0 Å². The van der Waals surface area contributed by atoms with Crippen molar-refractivity contribution in [2.24, 2.45) is 11.8 Å². The van der Waals surface area contributed by atoms with Crippen molar-refractivity contribution >= 4 is 54.6 Å². The SMILES string of the molecule is C[C@@H](O[Si](C)(C)C)[C@H]1C(=O)N(CC(=O)OCc2ccc([N+](=O)[O-])cc2)[C@@H]1[C@@H](C)C(=S)c1ccc(Cl)cc1. The number of hydrogen-bond acceptors (Lipinski definition) is 7. The molecule has 0 radical (unpaired) electrons. The molecule has 8 nitrogen and oxygen atoms in total. The van der Waals surface area contributed by atoms with Crippen LogP contribution < -0.4 is 0 Å². The number of halogens is 1. The van der Waals surface area contributed by atoms with Gasteiger partial charge < -0.3 is 14.1 Å². The number of nitrogens with zero attached hydrogens (tertiary/aromatic N) is 2. The third kappa shape index (κ3) is 7.22. The van der Waals surface area contributed by atoms with E-state index >= 15 is 0 Å². The van der Waals surface area contributed by atoms with Gasteiger partial charge in [-0.05, 0) is 62.0 Å². The summed E-state index contributed by atoms with van der Waals surface area (Å²) in [5, 5.41) is 11.4. The highest BCUT2D eigenvalue weighted by Crippen LogP contribution is 2.38. The predicted molar refractivity (Wildman–Crippen MR) is 148 cm³/mol. The summed E-state index contributed by atoms with van der Waals surface area (Å²) in [6.07, 6.45) is -0.327. The van der Waals surface area contributed by atoms with E-state index in [9.17, 15) is 19.7 Å². The van der Waals surface area contributed by atoms with Crippen molar-refractivity contribution in [3.63, 3.8) is 0 Å². The van der Waals surface area contributed by atoms with Crippen molar-refractivity contribution in [3.05, 3.63) is 74.8 Å². The molecule has 3 rings (SSSR count). The van der Waals surface area contributed by atoms with Gasteiger partial charge in [-0.3, -0.25) is 19.7 Å². The fourth-order valence-corrected chi connectivity index (χ4v) is 6.23. The summed E-state index contributed by atoms with van der Waals surface area (Å²) in [7, 11) is -1.92. The van der Waals surface area contributed by atoms with E-state index in [1.807, 2.05) is 26.0 Å². The van der Waals surface area contributed by atoms with Crippen LogP contribution in [0.3, 0.4) is 0 Å². The van der Waals surface area contributed by atoms with Gasteiger partial charge in [0.15, 0.2) is 8.32 Å². The van der Waals surface area contributed by atoms with Crippen LogP contribution in [0.25, 0.3) is 0 Å². The standard InChI is InChI=1S/C26H31ClN2O6SSi/c1-16(25(36)19-8-10-20(27)11-9-19)24-23(17(2)35-37(3,4)5)26(31)28(24)14-22(30)34-15-18-6-12-21(13-7-18)29(32)33/h6-13,16-17,23-24H,14-15H2,1-5H3/t16-,17-,23-,24-/m1/s1. The Kier molecular flexibility index (Phi) is 9.22. The molecule has 2 aromatic carbocycles. The van der Waals surface area contributed by atoms with Crippen LogP contribution in [0.1, 0.15) is 25.0 Å². The Morgan fingerprint density at radius 1 is 1.14 bits per heavy atom. The molecule has 1 aliphatic heterocycles. The number of thiocarbonyl (C=S) groups is 1. The lowest BCUT2D eigenvalue weighted by Crippen LogP contribution is -2.69. The summed E-state index contributed by atoms with van der Waals surface area (Å²) in [5.74, 6) is -1.41. The molecule has 0 unspecified atom stereocenters. The van der Waals surface area contributed by atoms with Gasteiger partial charge in [0.2, 0.25) is 5.91 Å². The van der Waals surface area contributed by atoms with Crippen molar-refractivity contribution in [2.45, 2.75) is 52.2 Å². The molecule has 0 spiro atoms. The van der Waals surface area contributed by atoms with Gasteiger partial charge in [0.25, 0.3) is 5.69 Å². The van der Waals surface area contributed by atoms with Crippen molar-refractivity contribution in [1.29, 1.82) is 0 Å². The van der Waals surface area contributed by atoms with E-state index in [0.29, 0.717) is 15.5 Å². The first-order valence-electron chi connectivity index (χ1n) is 12.0. The fourth-order valence-electron chi connectivity index (χ4n) is 4.56. The quantitative estimate of drug-likeness (QED) is 0.0686. The highest BCUT2D eigenvalue weighted by molar-refractivity contribution is 7.80. The number of benzene rings is 2. The minimum absolute atomic E-state index is 0.0459. The van der Waals surface area contributed by atoms with Gasteiger partial charge in [-0.25, -0.2) is 0 Å². The van der Waals surface area contributed by atoms with Crippen molar-refractivity contribution in [1.82, 2.24) is 4.90 Å². The highest BCUT2D eigenvalue weighted by Gasteiger charge is 2.54. The van der Waals surface area contributed by atoms with Crippen LogP contribution in [0.4, 0.5) is 5.69 Å². The van der Waals surface area contributed by atoms with Gasteiger partial charge in [0.1, 0.15) is 13.2 Å². The Bertz CT molecular complexity index is 1170. The zero-order valence-corrected chi connectivity index (χ0v) is 24.0. The summed E-state index contributed by atoms with van der Waals surface area (Å²) in [6, 6.07) is 12.6. The predicted octanol–water partition coefficient (Wildman–Crippen LogP) is 5.41. The Morgan fingerprint density at radius 2 is 1.73 bits per heavy atom. The second-order valence-corrected chi connectivity index (χ2v) is 15.5. The summed E-state index contributed by atoms with van der Waals surface area (Å²) in [6.45, 7) is 9.78. The number of rotatable bonds is 11. The average Bonchev–Trinajstić information content (AvgIpc) is 2.83. The van der Waals surface area contributed by atoms with E-state index in [2.05, 4.69) is 19.6 Å².